The van der Waals surface area contributed by atoms with Crippen LogP contribution in [-0.4, -0.2) is 56.3 Å². The molecule has 0 aliphatic carbocycles. The minimum absolute atomic E-state index is 0.165. The van der Waals surface area contributed by atoms with Crippen LogP contribution in [0.15, 0.2) is 54.5 Å². The second-order valence-corrected chi connectivity index (χ2v) is 8.60. The number of sulfonamides is 1. The quantitative estimate of drug-likeness (QED) is 0.657. The fourth-order valence-electron chi connectivity index (χ4n) is 3.11. The number of anilines is 1. The molecule has 1 fully saturated rings. The zero-order chi connectivity index (χ0) is 19.7. The Balaban J connectivity index is 2.00. The Bertz CT molecular complexity index is 726. The summed E-state index contributed by atoms with van der Waals surface area (Å²) in [6.07, 6.45) is 7.43. The largest absolute Gasteiger partial charge is 0.325 e. The van der Waals surface area contributed by atoms with Gasteiger partial charge in [0.2, 0.25) is 15.9 Å². The number of hydrogen-bond acceptors (Lipinski definition) is 4. The summed E-state index contributed by atoms with van der Waals surface area (Å²) < 4.78 is 27.1. The van der Waals surface area contributed by atoms with E-state index in [0.29, 0.717) is 31.9 Å². The molecule has 148 valence electrons. The summed E-state index contributed by atoms with van der Waals surface area (Å²) in [5, 5.41) is 2.80. The van der Waals surface area contributed by atoms with Gasteiger partial charge in [0.15, 0.2) is 0 Å². The minimum Gasteiger partial charge on any atom is -0.325 e. The Labute approximate surface area is 162 Å². The number of carbonyl (C=O) groups excluding carboxylic acids is 1. The SMILES string of the molecule is C=CCN(CC=C)CC(=O)Nc1ccc(S(=O)(=O)N2CCCCCC2)cc1. The summed E-state index contributed by atoms with van der Waals surface area (Å²) in [6, 6.07) is 6.38. The predicted octanol–water partition coefficient (Wildman–Crippen LogP) is 2.86. The molecule has 1 saturated heterocycles. The van der Waals surface area contributed by atoms with Crippen molar-refractivity contribution >= 4 is 21.6 Å². The molecule has 27 heavy (non-hydrogen) atoms. The van der Waals surface area contributed by atoms with Crippen molar-refractivity contribution in [1.29, 1.82) is 0 Å². The van der Waals surface area contributed by atoms with E-state index in [0.717, 1.165) is 25.7 Å². The van der Waals surface area contributed by atoms with Crippen LogP contribution in [0.3, 0.4) is 0 Å². The third kappa shape index (κ3) is 6.30. The van der Waals surface area contributed by atoms with Gasteiger partial charge in [0, 0.05) is 31.9 Å². The summed E-state index contributed by atoms with van der Waals surface area (Å²) in [5.41, 5.74) is 0.576. The lowest BCUT2D eigenvalue weighted by atomic mass is 10.2. The van der Waals surface area contributed by atoms with Crippen molar-refractivity contribution in [2.24, 2.45) is 0 Å². The Kier molecular flexibility index (Phi) is 8.22. The third-order valence-corrected chi connectivity index (χ3v) is 6.40. The highest BCUT2D eigenvalue weighted by Crippen LogP contribution is 2.21. The van der Waals surface area contributed by atoms with Gasteiger partial charge in [0.25, 0.3) is 0 Å². The molecule has 1 amide bonds. The Hall–Kier alpha value is -1.96. The highest BCUT2D eigenvalue weighted by atomic mass is 32.2. The maximum atomic E-state index is 12.8. The summed E-state index contributed by atoms with van der Waals surface area (Å²) >= 11 is 0. The number of benzene rings is 1. The maximum Gasteiger partial charge on any atom is 0.243 e. The van der Waals surface area contributed by atoms with Crippen LogP contribution in [0.1, 0.15) is 25.7 Å². The van der Waals surface area contributed by atoms with E-state index in [-0.39, 0.29) is 17.3 Å². The fourth-order valence-corrected chi connectivity index (χ4v) is 4.63. The summed E-state index contributed by atoms with van der Waals surface area (Å²) in [5.74, 6) is -0.165. The predicted molar refractivity (Wildman–Crippen MR) is 109 cm³/mol. The van der Waals surface area contributed by atoms with E-state index in [1.165, 1.54) is 0 Å². The van der Waals surface area contributed by atoms with Crippen molar-refractivity contribution in [2.45, 2.75) is 30.6 Å². The van der Waals surface area contributed by atoms with Crippen molar-refractivity contribution in [1.82, 2.24) is 9.21 Å². The Morgan fingerprint density at radius 2 is 1.59 bits per heavy atom. The van der Waals surface area contributed by atoms with Gasteiger partial charge in [-0.3, -0.25) is 9.69 Å². The number of nitrogens with one attached hydrogen (secondary N) is 1. The van der Waals surface area contributed by atoms with Crippen molar-refractivity contribution in [3.05, 3.63) is 49.6 Å². The molecule has 1 heterocycles. The molecular weight excluding hydrogens is 362 g/mol. The second-order valence-electron chi connectivity index (χ2n) is 6.66. The first kappa shape index (κ1) is 21.3. The van der Waals surface area contributed by atoms with Gasteiger partial charge in [-0.15, -0.1) is 13.2 Å². The molecule has 0 aromatic heterocycles. The number of amides is 1. The summed E-state index contributed by atoms with van der Waals surface area (Å²) in [6.45, 7) is 9.90. The van der Waals surface area contributed by atoms with Crippen LogP contribution < -0.4 is 5.32 Å². The molecular formula is C20H29N3O3S. The number of hydrogen-bond donors (Lipinski definition) is 1. The zero-order valence-electron chi connectivity index (χ0n) is 15.8. The van der Waals surface area contributed by atoms with Gasteiger partial charge in [-0.2, -0.15) is 4.31 Å². The third-order valence-electron chi connectivity index (χ3n) is 4.48. The molecule has 0 saturated carbocycles. The van der Waals surface area contributed by atoms with E-state index >= 15 is 0 Å². The lowest BCUT2D eigenvalue weighted by molar-refractivity contribution is -0.117. The number of rotatable bonds is 9. The molecule has 7 heteroatoms. The van der Waals surface area contributed by atoms with Gasteiger partial charge < -0.3 is 5.32 Å². The van der Waals surface area contributed by atoms with Crippen molar-refractivity contribution in [2.75, 3.05) is 38.0 Å². The van der Waals surface area contributed by atoms with Gasteiger partial charge in [-0.05, 0) is 37.1 Å². The first-order valence-corrected chi connectivity index (χ1v) is 10.8. The van der Waals surface area contributed by atoms with Gasteiger partial charge in [-0.1, -0.05) is 25.0 Å². The van der Waals surface area contributed by atoms with E-state index < -0.39 is 10.0 Å². The average molecular weight is 392 g/mol. The lowest BCUT2D eigenvalue weighted by Gasteiger charge is -2.20. The molecule has 0 atom stereocenters. The highest BCUT2D eigenvalue weighted by Gasteiger charge is 2.25. The van der Waals surface area contributed by atoms with Crippen LogP contribution in [-0.2, 0) is 14.8 Å². The van der Waals surface area contributed by atoms with Crippen LogP contribution in [0.2, 0.25) is 0 Å². The van der Waals surface area contributed by atoms with E-state index in [1.54, 1.807) is 40.7 Å². The standard InChI is InChI=1S/C20H29N3O3S/c1-3-13-22(14-4-2)17-20(24)21-18-9-11-19(12-10-18)27(25,26)23-15-7-5-6-8-16-23/h3-4,9-12H,1-2,5-8,13-17H2,(H,21,24). The lowest BCUT2D eigenvalue weighted by Crippen LogP contribution is -2.33. The molecule has 6 nitrogen and oxygen atoms in total. The molecule has 0 unspecified atom stereocenters. The minimum atomic E-state index is -3.47. The Morgan fingerprint density at radius 1 is 1.04 bits per heavy atom. The summed E-state index contributed by atoms with van der Waals surface area (Å²) in [4.78, 5) is 14.4. The van der Waals surface area contributed by atoms with Crippen LogP contribution >= 0.6 is 0 Å². The number of carbonyl (C=O) groups is 1. The highest BCUT2D eigenvalue weighted by molar-refractivity contribution is 7.89. The van der Waals surface area contributed by atoms with E-state index in [9.17, 15) is 13.2 Å². The average Bonchev–Trinajstić information content (AvgIpc) is 2.92. The second kappa shape index (κ2) is 10.4. The van der Waals surface area contributed by atoms with Crippen LogP contribution in [0.4, 0.5) is 5.69 Å². The first-order valence-electron chi connectivity index (χ1n) is 9.31. The molecule has 0 bridgehead atoms. The Morgan fingerprint density at radius 3 is 2.11 bits per heavy atom. The molecule has 2 rings (SSSR count). The molecule has 1 aromatic rings. The van der Waals surface area contributed by atoms with E-state index in [4.69, 9.17) is 0 Å². The molecule has 1 aliphatic heterocycles. The molecule has 1 aliphatic rings. The van der Waals surface area contributed by atoms with Crippen LogP contribution in [0, 0.1) is 0 Å². The topological polar surface area (TPSA) is 69.7 Å². The molecule has 0 spiro atoms. The van der Waals surface area contributed by atoms with Crippen LogP contribution in [0.25, 0.3) is 0 Å². The summed E-state index contributed by atoms with van der Waals surface area (Å²) in [7, 11) is -3.47. The van der Waals surface area contributed by atoms with E-state index in [2.05, 4.69) is 18.5 Å². The van der Waals surface area contributed by atoms with Gasteiger partial charge in [0.05, 0.1) is 11.4 Å². The van der Waals surface area contributed by atoms with Gasteiger partial charge in [0.1, 0.15) is 0 Å². The number of nitrogens with zero attached hydrogens (tertiary/aromatic N) is 2. The van der Waals surface area contributed by atoms with E-state index in [1.807, 2.05) is 4.90 Å². The van der Waals surface area contributed by atoms with Crippen molar-refractivity contribution in [3.8, 4) is 0 Å². The molecule has 1 aromatic carbocycles. The van der Waals surface area contributed by atoms with Crippen LogP contribution in [0.5, 0.6) is 0 Å². The normalized spacial score (nSPS) is 15.9. The molecule has 1 N–H and O–H groups in total. The van der Waals surface area contributed by atoms with Crippen molar-refractivity contribution in [3.63, 3.8) is 0 Å². The smallest absolute Gasteiger partial charge is 0.243 e. The van der Waals surface area contributed by atoms with Crippen molar-refractivity contribution < 1.29 is 13.2 Å². The molecule has 0 radical (unpaired) electrons. The van der Waals surface area contributed by atoms with Gasteiger partial charge >= 0.3 is 0 Å². The fraction of sp³-hybridized carbons (Fsp3) is 0.450. The maximum absolute atomic E-state index is 12.8. The zero-order valence-corrected chi connectivity index (χ0v) is 16.6. The monoisotopic (exact) mass is 391 g/mol. The first-order chi connectivity index (χ1) is 13.0. The van der Waals surface area contributed by atoms with Gasteiger partial charge in [-0.25, -0.2) is 8.42 Å².